The van der Waals surface area contributed by atoms with E-state index >= 15 is 0 Å². The van der Waals surface area contributed by atoms with Crippen LogP contribution in [-0.4, -0.2) is 21.5 Å². The molecule has 28 heavy (non-hydrogen) atoms. The van der Waals surface area contributed by atoms with E-state index < -0.39 is 0 Å². The Morgan fingerprint density at radius 1 is 1.07 bits per heavy atom. The SMILES string of the molecule is CC(C)(C)NC(=O)Nc1cccc(-c2ccc3c(c2)sc2c(N)ncnc23)c1. The number of hydrogen-bond donors (Lipinski definition) is 3. The Morgan fingerprint density at radius 2 is 1.86 bits per heavy atom. The molecule has 0 saturated carbocycles. The van der Waals surface area contributed by atoms with E-state index in [1.165, 1.54) is 6.33 Å². The molecule has 0 saturated heterocycles. The van der Waals surface area contributed by atoms with Crippen molar-refractivity contribution in [2.75, 3.05) is 11.1 Å². The van der Waals surface area contributed by atoms with Crippen LogP contribution in [-0.2, 0) is 0 Å². The van der Waals surface area contributed by atoms with Gasteiger partial charge in [-0.25, -0.2) is 14.8 Å². The molecule has 0 aliphatic heterocycles. The predicted molar refractivity (Wildman–Crippen MR) is 117 cm³/mol. The van der Waals surface area contributed by atoms with Crippen LogP contribution in [0, 0.1) is 0 Å². The first-order valence-electron chi connectivity index (χ1n) is 8.92. The molecule has 142 valence electrons. The molecule has 7 heteroatoms. The van der Waals surface area contributed by atoms with Gasteiger partial charge in [0.25, 0.3) is 0 Å². The van der Waals surface area contributed by atoms with Gasteiger partial charge in [-0.2, -0.15) is 0 Å². The number of nitrogens with two attached hydrogens (primary N) is 1. The van der Waals surface area contributed by atoms with Gasteiger partial charge >= 0.3 is 6.03 Å². The van der Waals surface area contributed by atoms with Gasteiger partial charge < -0.3 is 16.4 Å². The van der Waals surface area contributed by atoms with Crippen LogP contribution in [0.2, 0.25) is 0 Å². The summed E-state index contributed by atoms with van der Waals surface area (Å²) in [4.78, 5) is 20.6. The van der Waals surface area contributed by atoms with Crippen molar-refractivity contribution in [2.24, 2.45) is 0 Å². The molecule has 6 nitrogen and oxygen atoms in total. The number of amides is 2. The molecule has 4 N–H and O–H groups in total. The molecule has 0 aliphatic rings. The molecular weight excluding hydrogens is 370 g/mol. The molecule has 4 rings (SSSR count). The zero-order valence-electron chi connectivity index (χ0n) is 15.9. The van der Waals surface area contributed by atoms with Crippen LogP contribution in [0.1, 0.15) is 20.8 Å². The smallest absolute Gasteiger partial charge is 0.319 e. The van der Waals surface area contributed by atoms with Gasteiger partial charge in [0.2, 0.25) is 0 Å². The van der Waals surface area contributed by atoms with E-state index in [4.69, 9.17) is 5.73 Å². The molecule has 0 bridgehead atoms. The van der Waals surface area contributed by atoms with Gasteiger partial charge in [-0.05, 0) is 50.1 Å². The Bertz CT molecular complexity index is 1190. The Balaban J connectivity index is 1.67. The molecule has 2 aromatic heterocycles. The number of hydrogen-bond acceptors (Lipinski definition) is 5. The number of benzene rings is 2. The van der Waals surface area contributed by atoms with Gasteiger partial charge in [0.15, 0.2) is 0 Å². The van der Waals surface area contributed by atoms with Gasteiger partial charge in [-0.15, -0.1) is 11.3 Å². The quantitative estimate of drug-likeness (QED) is 0.448. The molecule has 0 unspecified atom stereocenters. The largest absolute Gasteiger partial charge is 0.382 e. The number of thiophene rings is 1. The maximum atomic E-state index is 12.1. The van der Waals surface area contributed by atoms with Gasteiger partial charge in [0, 0.05) is 21.3 Å². The summed E-state index contributed by atoms with van der Waals surface area (Å²) in [5.41, 5.74) is 9.40. The number of carbonyl (C=O) groups is 1. The summed E-state index contributed by atoms with van der Waals surface area (Å²) in [6.45, 7) is 5.83. The van der Waals surface area contributed by atoms with Crippen molar-refractivity contribution in [1.82, 2.24) is 15.3 Å². The highest BCUT2D eigenvalue weighted by molar-refractivity contribution is 7.26. The average molecular weight is 392 g/mol. The van der Waals surface area contributed by atoms with Crippen molar-refractivity contribution in [2.45, 2.75) is 26.3 Å². The topological polar surface area (TPSA) is 92.9 Å². The highest BCUT2D eigenvalue weighted by atomic mass is 32.1. The number of nitrogen functional groups attached to an aromatic ring is 1. The summed E-state index contributed by atoms with van der Waals surface area (Å²) >= 11 is 1.59. The second kappa shape index (κ2) is 6.76. The van der Waals surface area contributed by atoms with Gasteiger partial charge in [0.1, 0.15) is 12.1 Å². The zero-order chi connectivity index (χ0) is 19.9. The van der Waals surface area contributed by atoms with Crippen LogP contribution in [0.5, 0.6) is 0 Å². The van der Waals surface area contributed by atoms with E-state index in [0.717, 1.165) is 37.1 Å². The first kappa shape index (κ1) is 18.2. The third kappa shape index (κ3) is 3.61. The lowest BCUT2D eigenvalue weighted by Gasteiger charge is -2.20. The Morgan fingerprint density at radius 3 is 2.64 bits per heavy atom. The summed E-state index contributed by atoms with van der Waals surface area (Å²) < 4.78 is 2.01. The molecule has 2 amide bonds. The molecule has 0 radical (unpaired) electrons. The van der Waals surface area contributed by atoms with Crippen molar-refractivity contribution in [3.63, 3.8) is 0 Å². The molecule has 2 heterocycles. The van der Waals surface area contributed by atoms with Crippen LogP contribution < -0.4 is 16.4 Å². The van der Waals surface area contributed by atoms with Crippen LogP contribution in [0.3, 0.4) is 0 Å². The summed E-state index contributed by atoms with van der Waals surface area (Å²) in [6, 6.07) is 13.8. The van der Waals surface area contributed by atoms with Crippen LogP contribution in [0.25, 0.3) is 31.4 Å². The van der Waals surface area contributed by atoms with E-state index in [1.54, 1.807) is 11.3 Å². The molecular formula is C21H21N5OS. The standard InChI is InChI=1S/C21H21N5OS/c1-21(2,3)26-20(27)25-14-6-4-5-12(9-14)13-7-8-15-16(10-13)28-18-17(15)23-11-24-19(18)22/h4-11H,1-3H3,(H2,22,23,24)(H2,25,26,27). The minimum absolute atomic E-state index is 0.223. The molecule has 0 aliphatic carbocycles. The monoisotopic (exact) mass is 391 g/mol. The van der Waals surface area contributed by atoms with Crippen molar-refractivity contribution in [3.05, 3.63) is 48.8 Å². The lowest BCUT2D eigenvalue weighted by Crippen LogP contribution is -2.43. The average Bonchev–Trinajstić information content (AvgIpc) is 2.99. The van der Waals surface area contributed by atoms with Gasteiger partial charge in [-0.3, -0.25) is 0 Å². The van der Waals surface area contributed by atoms with Crippen molar-refractivity contribution >= 4 is 49.2 Å². The number of nitrogens with one attached hydrogen (secondary N) is 2. The minimum Gasteiger partial charge on any atom is -0.382 e. The number of urea groups is 1. The van der Waals surface area contributed by atoms with Crippen LogP contribution >= 0.6 is 11.3 Å². The maximum Gasteiger partial charge on any atom is 0.319 e. The van der Waals surface area contributed by atoms with Gasteiger partial charge in [0.05, 0.1) is 10.2 Å². The number of fused-ring (bicyclic) bond motifs is 3. The van der Waals surface area contributed by atoms with Crippen LogP contribution in [0.15, 0.2) is 48.8 Å². The fraction of sp³-hybridized carbons (Fsp3) is 0.190. The first-order valence-corrected chi connectivity index (χ1v) is 9.74. The second-order valence-corrected chi connectivity index (χ2v) is 8.71. The molecule has 0 atom stereocenters. The number of aromatic nitrogens is 2. The lowest BCUT2D eigenvalue weighted by atomic mass is 10.0. The third-order valence-electron chi connectivity index (χ3n) is 4.22. The minimum atomic E-state index is -0.293. The van der Waals surface area contributed by atoms with E-state index in [1.807, 2.05) is 45.0 Å². The third-order valence-corrected chi connectivity index (χ3v) is 5.39. The van der Waals surface area contributed by atoms with Gasteiger partial charge in [-0.1, -0.05) is 24.3 Å². The Kier molecular flexibility index (Phi) is 4.39. The van der Waals surface area contributed by atoms with Crippen molar-refractivity contribution in [1.29, 1.82) is 0 Å². The van der Waals surface area contributed by atoms with Crippen molar-refractivity contribution in [3.8, 4) is 11.1 Å². The molecule has 0 spiro atoms. The predicted octanol–water partition coefficient (Wildman–Crippen LogP) is 5.01. The number of anilines is 2. The number of carbonyl (C=O) groups excluding carboxylic acids is 1. The normalized spacial score (nSPS) is 11.7. The summed E-state index contributed by atoms with van der Waals surface area (Å²) in [6.07, 6.45) is 1.50. The summed E-state index contributed by atoms with van der Waals surface area (Å²) in [5, 5.41) is 6.86. The Labute approximate surface area is 166 Å². The number of rotatable bonds is 2. The van der Waals surface area contributed by atoms with E-state index in [0.29, 0.717) is 5.82 Å². The van der Waals surface area contributed by atoms with Crippen molar-refractivity contribution < 1.29 is 4.79 Å². The van der Waals surface area contributed by atoms with E-state index in [-0.39, 0.29) is 11.6 Å². The summed E-state index contributed by atoms with van der Waals surface area (Å²) in [7, 11) is 0. The first-order chi connectivity index (χ1) is 13.3. The summed E-state index contributed by atoms with van der Waals surface area (Å²) in [5.74, 6) is 0.504. The second-order valence-electron chi connectivity index (χ2n) is 7.66. The molecule has 0 fully saturated rings. The maximum absolute atomic E-state index is 12.1. The van der Waals surface area contributed by atoms with E-state index in [2.05, 4.69) is 38.8 Å². The Hall–Kier alpha value is -3.19. The number of nitrogens with zero attached hydrogens (tertiary/aromatic N) is 2. The molecule has 4 aromatic rings. The van der Waals surface area contributed by atoms with E-state index in [9.17, 15) is 4.79 Å². The highest BCUT2D eigenvalue weighted by Gasteiger charge is 2.14. The lowest BCUT2D eigenvalue weighted by molar-refractivity contribution is 0.244. The van der Waals surface area contributed by atoms with Crippen LogP contribution in [0.4, 0.5) is 16.3 Å². The fourth-order valence-corrected chi connectivity index (χ4v) is 4.15. The zero-order valence-corrected chi connectivity index (χ0v) is 16.7. The highest BCUT2D eigenvalue weighted by Crippen LogP contribution is 2.37. The fourth-order valence-electron chi connectivity index (χ4n) is 3.05. The molecule has 2 aromatic carbocycles.